The molecule has 0 bridgehead atoms. The Morgan fingerprint density at radius 2 is 2.06 bits per heavy atom. The number of benzene rings is 1. The van der Waals surface area contributed by atoms with E-state index >= 15 is 0 Å². The van der Waals surface area contributed by atoms with Crippen LogP contribution in [-0.4, -0.2) is 46.5 Å². The molecule has 182 valence electrons. The Morgan fingerprint density at radius 3 is 2.71 bits per heavy atom. The molecule has 1 amide bonds. The Morgan fingerprint density at radius 1 is 1.29 bits per heavy atom. The van der Waals surface area contributed by atoms with Gasteiger partial charge in [-0.05, 0) is 47.1 Å². The summed E-state index contributed by atoms with van der Waals surface area (Å²) >= 11 is 15.7. The minimum atomic E-state index is -1.20. The van der Waals surface area contributed by atoms with Crippen molar-refractivity contribution in [2.75, 3.05) is 6.61 Å². The van der Waals surface area contributed by atoms with Crippen molar-refractivity contribution in [3.63, 3.8) is 0 Å². The van der Waals surface area contributed by atoms with Crippen molar-refractivity contribution in [1.82, 2.24) is 19.8 Å². The lowest BCUT2D eigenvalue weighted by Crippen LogP contribution is -2.42. The molecule has 3 heterocycles. The molecule has 0 saturated heterocycles. The number of hydrogen-bond donors (Lipinski definition) is 0. The van der Waals surface area contributed by atoms with Crippen LogP contribution in [0, 0.1) is 0 Å². The molecule has 0 radical (unpaired) electrons. The van der Waals surface area contributed by atoms with Crippen molar-refractivity contribution >= 4 is 53.1 Å². The van der Waals surface area contributed by atoms with Gasteiger partial charge in [-0.25, -0.2) is 4.68 Å². The second kappa shape index (κ2) is 10.1. The maximum absolute atomic E-state index is 13.4. The van der Waals surface area contributed by atoms with Crippen LogP contribution in [0.3, 0.4) is 0 Å². The third-order valence-electron chi connectivity index (χ3n) is 5.87. The second-order valence-corrected chi connectivity index (χ2v) is 17.0. The Labute approximate surface area is 218 Å². The van der Waals surface area contributed by atoms with Crippen molar-refractivity contribution in [3.05, 3.63) is 55.8 Å². The molecule has 0 spiro atoms. The highest BCUT2D eigenvalue weighted by atomic mass is 79.9. The number of hydrogen-bond acceptors (Lipinski definition) is 5. The molecule has 0 fully saturated rings. The van der Waals surface area contributed by atoms with Crippen LogP contribution >= 0.6 is 39.1 Å². The van der Waals surface area contributed by atoms with Gasteiger partial charge < -0.3 is 14.2 Å². The van der Waals surface area contributed by atoms with Crippen LogP contribution in [0.15, 0.2) is 33.5 Å². The molecule has 1 aromatic carbocycles. The third kappa shape index (κ3) is 5.43. The molecule has 0 unspecified atom stereocenters. The Kier molecular flexibility index (Phi) is 7.59. The monoisotopic (exact) mass is 584 g/mol. The molecule has 34 heavy (non-hydrogen) atoms. The van der Waals surface area contributed by atoms with Crippen LogP contribution in [0.5, 0.6) is 0 Å². The third-order valence-corrected chi connectivity index (χ3v) is 8.88. The quantitative estimate of drug-likeness (QED) is 0.233. The minimum absolute atomic E-state index is 0.0424. The number of carbonyl (C=O) groups is 1. The summed E-state index contributed by atoms with van der Waals surface area (Å²) in [5.41, 5.74) is 3.80. The lowest BCUT2D eigenvalue weighted by molar-refractivity contribution is 0.0657. The highest BCUT2D eigenvalue weighted by molar-refractivity contribution is 9.10. The first-order valence-corrected chi connectivity index (χ1v) is 16.3. The molecule has 1 atom stereocenters. The van der Waals surface area contributed by atoms with Crippen LogP contribution in [0.4, 0.5) is 0 Å². The van der Waals surface area contributed by atoms with E-state index in [2.05, 4.69) is 40.7 Å². The number of nitrogens with zero attached hydrogens (tertiary/aromatic N) is 4. The lowest BCUT2D eigenvalue weighted by Gasteiger charge is -2.33. The number of aromatic nitrogens is 3. The summed E-state index contributed by atoms with van der Waals surface area (Å²) in [5, 5.41) is 9.82. The summed E-state index contributed by atoms with van der Waals surface area (Å²) in [4.78, 5) is 15.2. The normalized spacial score (nSPS) is 16.1. The average molecular weight is 586 g/mol. The van der Waals surface area contributed by atoms with Gasteiger partial charge in [0.05, 0.1) is 32.5 Å². The van der Waals surface area contributed by atoms with Gasteiger partial charge in [-0.2, -0.15) is 5.10 Å². The molecule has 2 aromatic heterocycles. The fourth-order valence-corrected chi connectivity index (χ4v) is 5.33. The maximum atomic E-state index is 13.4. The summed E-state index contributed by atoms with van der Waals surface area (Å²) in [5.74, 6) is -0.110. The van der Waals surface area contributed by atoms with Gasteiger partial charge >= 0.3 is 0 Å². The predicted molar refractivity (Wildman–Crippen MR) is 139 cm³/mol. The summed E-state index contributed by atoms with van der Waals surface area (Å²) < 4.78 is 13.7. The van der Waals surface area contributed by atoms with Gasteiger partial charge in [0.25, 0.3) is 5.91 Å². The van der Waals surface area contributed by atoms with Gasteiger partial charge in [0.1, 0.15) is 18.7 Å². The number of ether oxygens (including phenoxy) is 1. The van der Waals surface area contributed by atoms with Gasteiger partial charge in [0.2, 0.25) is 0 Å². The van der Waals surface area contributed by atoms with E-state index in [1.807, 2.05) is 16.5 Å². The predicted octanol–water partition coefficient (Wildman–Crippen LogP) is 6.51. The molecule has 1 aliphatic rings. The highest BCUT2D eigenvalue weighted by Crippen LogP contribution is 2.36. The lowest BCUT2D eigenvalue weighted by atomic mass is 9.97. The van der Waals surface area contributed by atoms with Crippen LogP contribution in [0.25, 0.3) is 11.4 Å². The highest BCUT2D eigenvalue weighted by Gasteiger charge is 2.34. The van der Waals surface area contributed by atoms with Crippen molar-refractivity contribution in [2.24, 2.45) is 0 Å². The zero-order chi connectivity index (χ0) is 24.6. The first-order chi connectivity index (χ1) is 16.0. The molecule has 0 aliphatic carbocycles. The molecular formula is C23H27BrCl2N4O3Si. The average Bonchev–Trinajstić information content (AvgIpc) is 3.33. The summed E-state index contributed by atoms with van der Waals surface area (Å²) in [6.45, 7) is 10.4. The van der Waals surface area contributed by atoms with Gasteiger partial charge in [0.15, 0.2) is 0 Å². The van der Waals surface area contributed by atoms with E-state index in [-0.39, 0.29) is 11.9 Å². The molecule has 11 heteroatoms. The fourth-order valence-electron chi connectivity index (χ4n) is 3.93. The van der Waals surface area contributed by atoms with Crippen LogP contribution < -0.4 is 0 Å². The number of amides is 1. The van der Waals surface area contributed by atoms with E-state index in [9.17, 15) is 4.79 Å². The Bertz CT molecular complexity index is 1210. The Balaban J connectivity index is 1.65. The molecule has 0 saturated carbocycles. The first kappa shape index (κ1) is 25.4. The van der Waals surface area contributed by atoms with Crippen LogP contribution in [0.1, 0.15) is 28.5 Å². The smallest absolute Gasteiger partial charge is 0.254 e. The van der Waals surface area contributed by atoms with Crippen molar-refractivity contribution in [3.8, 4) is 11.4 Å². The van der Waals surface area contributed by atoms with Crippen molar-refractivity contribution in [2.45, 2.75) is 58.3 Å². The Hall–Kier alpha value is -1.65. The maximum Gasteiger partial charge on any atom is 0.254 e. The number of halogens is 3. The molecule has 0 N–H and O–H groups in total. The summed E-state index contributed by atoms with van der Waals surface area (Å²) in [7, 11) is -1.20. The van der Waals surface area contributed by atoms with Gasteiger partial charge in [-0.15, -0.1) is 0 Å². The summed E-state index contributed by atoms with van der Waals surface area (Å²) in [6, 6.07) is 5.98. The van der Waals surface area contributed by atoms with E-state index in [1.165, 1.54) is 6.26 Å². The number of rotatable bonds is 7. The minimum Gasteiger partial charge on any atom is -0.363 e. The van der Waals surface area contributed by atoms with Gasteiger partial charge in [-0.1, -0.05) is 48.0 Å². The number of carbonyl (C=O) groups excluding carboxylic acids is 1. The van der Waals surface area contributed by atoms with E-state index < -0.39 is 8.07 Å². The molecule has 7 nitrogen and oxygen atoms in total. The van der Waals surface area contributed by atoms with E-state index in [1.54, 1.807) is 18.2 Å². The number of fused-ring (bicyclic) bond motifs is 1. The van der Waals surface area contributed by atoms with E-state index in [0.29, 0.717) is 47.6 Å². The zero-order valence-electron chi connectivity index (χ0n) is 19.6. The zero-order valence-corrected chi connectivity index (χ0v) is 23.7. The van der Waals surface area contributed by atoms with Crippen molar-refractivity contribution < 1.29 is 14.1 Å². The van der Waals surface area contributed by atoms with Gasteiger partial charge in [0, 0.05) is 38.3 Å². The van der Waals surface area contributed by atoms with E-state index in [0.717, 1.165) is 27.5 Å². The van der Waals surface area contributed by atoms with Gasteiger partial charge in [-0.3, -0.25) is 4.79 Å². The molecule has 3 aromatic rings. The van der Waals surface area contributed by atoms with Crippen LogP contribution in [0.2, 0.25) is 35.7 Å². The first-order valence-electron chi connectivity index (χ1n) is 11.1. The van der Waals surface area contributed by atoms with E-state index in [4.69, 9.17) is 37.6 Å². The topological polar surface area (TPSA) is 73.4 Å². The fraction of sp³-hybridized carbons (Fsp3) is 0.435. The standard InChI is InChI=1S/C23H27BrCl2N4O3Si/c1-14-9-20-16(11-29(14)23(31)15-5-6-18(25)19(26)10-15)22(21-17(24)12-33-28-21)30(27-20)13-32-7-8-34(2,3)4/h5-6,10,12,14H,7-9,11,13H2,1-4H3/t14-/m1/s1. The SMILES string of the molecule is C[C@@H]1Cc2nn(COCC[Si](C)(C)C)c(-c3nocc3Br)c2CN1C(=O)c1ccc(Cl)c(Cl)c1. The van der Waals surface area contributed by atoms with Crippen LogP contribution in [-0.2, 0) is 24.4 Å². The molecule has 4 rings (SSSR count). The summed E-state index contributed by atoms with van der Waals surface area (Å²) in [6.07, 6.45) is 2.15. The molecular weight excluding hydrogens is 559 g/mol. The van der Waals surface area contributed by atoms with Crippen molar-refractivity contribution in [1.29, 1.82) is 0 Å². The molecule has 1 aliphatic heterocycles. The second-order valence-electron chi connectivity index (χ2n) is 9.75. The largest absolute Gasteiger partial charge is 0.363 e.